The number of ether oxygens (including phenoxy) is 1. The molecular formula is C15H13F3N2O2. The van der Waals surface area contributed by atoms with Crippen LogP contribution in [0.4, 0.5) is 13.2 Å². The van der Waals surface area contributed by atoms with E-state index in [0.29, 0.717) is 11.3 Å². The Morgan fingerprint density at radius 3 is 2.41 bits per heavy atom. The summed E-state index contributed by atoms with van der Waals surface area (Å²) in [7, 11) is 1.59. The first-order valence-electron chi connectivity index (χ1n) is 6.36. The second-order valence-electron chi connectivity index (χ2n) is 4.57. The van der Waals surface area contributed by atoms with Gasteiger partial charge in [0.2, 0.25) is 0 Å². The molecule has 22 heavy (non-hydrogen) atoms. The van der Waals surface area contributed by atoms with E-state index in [4.69, 9.17) is 0 Å². The molecule has 1 amide bonds. The maximum absolute atomic E-state index is 12.1. The van der Waals surface area contributed by atoms with Gasteiger partial charge in [-0.25, -0.2) is 0 Å². The van der Waals surface area contributed by atoms with E-state index in [0.717, 1.165) is 0 Å². The van der Waals surface area contributed by atoms with Crippen molar-refractivity contribution >= 4 is 5.91 Å². The number of aromatic nitrogens is 1. The van der Waals surface area contributed by atoms with Crippen LogP contribution < -0.4 is 4.74 Å². The maximum atomic E-state index is 12.1. The fourth-order valence-electron chi connectivity index (χ4n) is 1.83. The highest BCUT2D eigenvalue weighted by molar-refractivity contribution is 5.91. The lowest BCUT2D eigenvalue weighted by Gasteiger charge is -2.17. The van der Waals surface area contributed by atoms with Gasteiger partial charge in [-0.3, -0.25) is 9.78 Å². The molecule has 0 saturated carbocycles. The molecule has 0 aliphatic carbocycles. The van der Waals surface area contributed by atoms with Crippen molar-refractivity contribution < 1.29 is 22.7 Å². The molecule has 1 aromatic carbocycles. The number of benzene rings is 1. The monoisotopic (exact) mass is 310 g/mol. The molecule has 0 bridgehead atoms. The lowest BCUT2D eigenvalue weighted by molar-refractivity contribution is -0.274. The van der Waals surface area contributed by atoms with Crippen LogP contribution in [0.2, 0.25) is 0 Å². The molecule has 0 aliphatic heterocycles. The van der Waals surface area contributed by atoms with Crippen LogP contribution in [0, 0.1) is 0 Å². The molecule has 7 heteroatoms. The van der Waals surface area contributed by atoms with Gasteiger partial charge in [0, 0.05) is 19.8 Å². The average Bonchev–Trinajstić information content (AvgIpc) is 2.48. The Hall–Kier alpha value is -2.57. The van der Waals surface area contributed by atoms with Crippen LogP contribution >= 0.6 is 0 Å². The van der Waals surface area contributed by atoms with Crippen LogP contribution in [-0.2, 0) is 6.54 Å². The fourth-order valence-corrected chi connectivity index (χ4v) is 1.83. The SMILES string of the molecule is CN(Cc1ccc(OC(F)(F)F)cc1)C(=O)c1ccccn1. The molecule has 0 spiro atoms. The summed E-state index contributed by atoms with van der Waals surface area (Å²) in [5.74, 6) is -0.564. The largest absolute Gasteiger partial charge is 0.573 e. The second kappa shape index (κ2) is 6.46. The van der Waals surface area contributed by atoms with E-state index in [9.17, 15) is 18.0 Å². The fraction of sp³-hybridized carbons (Fsp3) is 0.200. The van der Waals surface area contributed by atoms with Crippen molar-refractivity contribution in [3.8, 4) is 5.75 Å². The van der Waals surface area contributed by atoms with Gasteiger partial charge < -0.3 is 9.64 Å². The predicted molar refractivity (Wildman–Crippen MR) is 73.2 cm³/mol. The molecule has 116 valence electrons. The lowest BCUT2D eigenvalue weighted by Crippen LogP contribution is -2.26. The number of carbonyl (C=O) groups excluding carboxylic acids is 1. The molecule has 4 nitrogen and oxygen atoms in total. The zero-order valence-electron chi connectivity index (χ0n) is 11.7. The van der Waals surface area contributed by atoms with Gasteiger partial charge in [-0.15, -0.1) is 13.2 Å². The smallest absolute Gasteiger partial charge is 0.406 e. The Bertz CT molecular complexity index is 627. The second-order valence-corrected chi connectivity index (χ2v) is 4.57. The van der Waals surface area contributed by atoms with Crippen LogP contribution in [0.25, 0.3) is 0 Å². The quantitative estimate of drug-likeness (QED) is 0.870. The summed E-state index contributed by atoms with van der Waals surface area (Å²) >= 11 is 0. The summed E-state index contributed by atoms with van der Waals surface area (Å²) in [6.07, 6.45) is -3.20. The van der Waals surface area contributed by atoms with E-state index < -0.39 is 6.36 Å². The van der Waals surface area contributed by atoms with Crippen molar-refractivity contribution in [1.29, 1.82) is 0 Å². The summed E-state index contributed by atoms with van der Waals surface area (Å²) < 4.78 is 40.0. The van der Waals surface area contributed by atoms with E-state index in [1.807, 2.05) is 0 Å². The highest BCUT2D eigenvalue weighted by Gasteiger charge is 2.30. The number of hydrogen-bond acceptors (Lipinski definition) is 3. The van der Waals surface area contributed by atoms with Crippen LogP contribution in [0.1, 0.15) is 16.1 Å². The molecule has 1 aromatic heterocycles. The highest BCUT2D eigenvalue weighted by Crippen LogP contribution is 2.23. The van der Waals surface area contributed by atoms with E-state index in [1.54, 1.807) is 25.2 Å². The summed E-state index contributed by atoms with van der Waals surface area (Å²) in [5.41, 5.74) is 0.989. The van der Waals surface area contributed by atoms with E-state index >= 15 is 0 Å². The Balaban J connectivity index is 2.00. The van der Waals surface area contributed by atoms with Crippen LogP contribution in [0.3, 0.4) is 0 Å². The predicted octanol–water partition coefficient (Wildman–Crippen LogP) is 3.25. The zero-order chi connectivity index (χ0) is 16.2. The Morgan fingerprint density at radius 1 is 1.18 bits per heavy atom. The van der Waals surface area contributed by atoms with Crippen molar-refractivity contribution in [3.63, 3.8) is 0 Å². The Kier molecular flexibility index (Phi) is 4.65. The summed E-state index contributed by atoms with van der Waals surface area (Å²) in [5, 5.41) is 0. The van der Waals surface area contributed by atoms with Crippen molar-refractivity contribution in [2.24, 2.45) is 0 Å². The standard InChI is InChI=1S/C15H13F3N2O2/c1-20(14(21)13-4-2-3-9-19-13)10-11-5-7-12(8-6-11)22-15(16,17)18/h2-9H,10H2,1H3. The number of alkyl halides is 3. The molecule has 2 rings (SSSR count). The molecule has 0 aliphatic rings. The molecule has 2 aromatic rings. The molecular weight excluding hydrogens is 297 g/mol. The van der Waals surface area contributed by atoms with Gasteiger partial charge >= 0.3 is 6.36 Å². The molecule has 0 N–H and O–H groups in total. The van der Waals surface area contributed by atoms with Crippen molar-refractivity contribution in [2.75, 3.05) is 7.05 Å². The van der Waals surface area contributed by atoms with Crippen molar-refractivity contribution in [2.45, 2.75) is 12.9 Å². The minimum absolute atomic E-state index is 0.252. The summed E-state index contributed by atoms with van der Waals surface area (Å²) in [6, 6.07) is 10.4. The summed E-state index contributed by atoms with van der Waals surface area (Å²) in [6.45, 7) is 0.252. The lowest BCUT2D eigenvalue weighted by atomic mass is 10.2. The molecule has 0 radical (unpaired) electrons. The minimum Gasteiger partial charge on any atom is -0.406 e. The van der Waals surface area contributed by atoms with Crippen LogP contribution in [0.15, 0.2) is 48.7 Å². The van der Waals surface area contributed by atoms with E-state index in [1.165, 1.54) is 35.4 Å². The normalized spacial score (nSPS) is 11.1. The van der Waals surface area contributed by atoms with Crippen LogP contribution in [-0.4, -0.2) is 29.2 Å². The van der Waals surface area contributed by atoms with Gasteiger partial charge in [0.1, 0.15) is 11.4 Å². The topological polar surface area (TPSA) is 42.4 Å². The first kappa shape index (κ1) is 15.8. The minimum atomic E-state index is -4.72. The molecule has 0 atom stereocenters. The van der Waals surface area contributed by atoms with E-state index in [-0.39, 0.29) is 18.2 Å². The third-order valence-electron chi connectivity index (χ3n) is 2.81. The average molecular weight is 310 g/mol. The highest BCUT2D eigenvalue weighted by atomic mass is 19.4. The van der Waals surface area contributed by atoms with Gasteiger partial charge in [0.05, 0.1) is 0 Å². The van der Waals surface area contributed by atoms with Crippen LogP contribution in [0.5, 0.6) is 5.75 Å². The molecule has 0 saturated heterocycles. The number of amides is 1. The number of nitrogens with zero attached hydrogens (tertiary/aromatic N) is 2. The molecule has 1 heterocycles. The number of rotatable bonds is 4. The number of pyridine rings is 1. The van der Waals surface area contributed by atoms with Gasteiger partial charge in [-0.05, 0) is 29.8 Å². The Labute approximate surface area is 125 Å². The van der Waals surface area contributed by atoms with Gasteiger partial charge in [0.25, 0.3) is 5.91 Å². The first-order chi connectivity index (χ1) is 10.3. The third kappa shape index (κ3) is 4.47. The zero-order valence-corrected chi connectivity index (χ0v) is 11.7. The maximum Gasteiger partial charge on any atom is 0.573 e. The van der Waals surface area contributed by atoms with E-state index in [2.05, 4.69) is 9.72 Å². The van der Waals surface area contributed by atoms with Gasteiger partial charge in [-0.1, -0.05) is 18.2 Å². The van der Waals surface area contributed by atoms with Crippen molar-refractivity contribution in [3.05, 3.63) is 59.9 Å². The van der Waals surface area contributed by atoms with Gasteiger partial charge in [0.15, 0.2) is 0 Å². The Morgan fingerprint density at radius 2 is 1.86 bits per heavy atom. The van der Waals surface area contributed by atoms with Gasteiger partial charge in [-0.2, -0.15) is 0 Å². The molecule has 0 fully saturated rings. The van der Waals surface area contributed by atoms with Crippen molar-refractivity contribution in [1.82, 2.24) is 9.88 Å². The summed E-state index contributed by atoms with van der Waals surface area (Å²) in [4.78, 5) is 17.5. The number of carbonyl (C=O) groups is 1. The number of halogens is 3. The third-order valence-corrected chi connectivity index (χ3v) is 2.81. The molecule has 0 unspecified atom stereocenters. The number of hydrogen-bond donors (Lipinski definition) is 0. The first-order valence-corrected chi connectivity index (χ1v) is 6.36.